The lowest BCUT2D eigenvalue weighted by Gasteiger charge is -1.98. The molecule has 19 nitrogen and oxygen atoms in total. The third-order valence-corrected chi connectivity index (χ3v) is 11.8. The Morgan fingerprint density at radius 2 is 1.25 bits per heavy atom. The number of benzene rings is 5. The van der Waals surface area contributed by atoms with E-state index in [0.29, 0.717) is 34.7 Å². The number of carboxylic acid groups (broad SMARTS) is 1. The molecule has 0 radical (unpaired) electrons. The fourth-order valence-electron chi connectivity index (χ4n) is 6.78. The number of hydrogen-bond donors (Lipinski definition) is 10. The zero-order valence-electron chi connectivity index (χ0n) is 35.8. The fourth-order valence-corrected chi connectivity index (χ4v) is 7.66. The second kappa shape index (κ2) is 19.6. The molecule has 0 bridgehead atoms. The summed E-state index contributed by atoms with van der Waals surface area (Å²) in [6, 6.07) is 34.0. The zero-order chi connectivity index (χ0) is 47.2. The van der Waals surface area contributed by atoms with Crippen molar-refractivity contribution in [1.29, 1.82) is 0 Å². The Morgan fingerprint density at radius 1 is 0.657 bits per heavy atom. The van der Waals surface area contributed by atoms with Crippen molar-refractivity contribution < 1.29 is 23.4 Å². The van der Waals surface area contributed by atoms with E-state index in [1.165, 1.54) is 18.2 Å². The minimum absolute atomic E-state index is 0.111. The maximum absolute atomic E-state index is 11.0. The van der Waals surface area contributed by atoms with Crippen LogP contribution in [0.5, 0.6) is 5.75 Å². The van der Waals surface area contributed by atoms with Crippen molar-refractivity contribution in [2.75, 3.05) is 0 Å². The van der Waals surface area contributed by atoms with Gasteiger partial charge in [0.25, 0.3) is 0 Å². The number of hydrogen-bond acceptors (Lipinski definition) is 11. The van der Waals surface area contributed by atoms with Crippen LogP contribution in [0.3, 0.4) is 0 Å². The summed E-state index contributed by atoms with van der Waals surface area (Å²) in [4.78, 5) is 34.0. The van der Waals surface area contributed by atoms with Gasteiger partial charge in [-0.3, -0.25) is 15.3 Å². The van der Waals surface area contributed by atoms with E-state index in [1.807, 2.05) is 60.7 Å². The summed E-state index contributed by atoms with van der Waals surface area (Å²) in [7, 11) is -3.57. The summed E-state index contributed by atoms with van der Waals surface area (Å²) in [5.74, 6) is 1.30. The molecule has 6 heterocycles. The number of primary sulfonamides is 1. The van der Waals surface area contributed by atoms with Gasteiger partial charge in [0, 0.05) is 27.8 Å². The van der Waals surface area contributed by atoms with Crippen molar-refractivity contribution in [3.8, 4) is 40.3 Å². The molecule has 6 aromatic heterocycles. The first-order valence-corrected chi connectivity index (χ1v) is 23.0. The topological polar surface area (TPSA) is 316 Å². The second-order valence-electron chi connectivity index (χ2n) is 14.9. The number of aromatic carboxylic acids is 1. The molecule has 0 saturated heterocycles. The maximum Gasteiger partial charge on any atom is 0.335 e. The molecular formula is C46H43BrN14O5S. The van der Waals surface area contributed by atoms with E-state index in [2.05, 4.69) is 90.3 Å². The van der Waals surface area contributed by atoms with Gasteiger partial charge in [-0.25, -0.2) is 33.3 Å². The molecule has 21 heteroatoms. The number of phenols is 1. The third-order valence-electron chi connectivity index (χ3n) is 10.4. The number of aromatic nitrogens is 12. The number of H-pyrrole nitrogens is 6. The quantitative estimate of drug-likeness (QED) is 0.0691. The average Bonchev–Trinajstić information content (AvgIpc) is 4.20. The molecule has 5 aromatic carbocycles. The number of phenolic OH excluding ortho intramolecular Hbond substituents is 1. The smallest absolute Gasteiger partial charge is 0.335 e. The van der Waals surface area contributed by atoms with Crippen LogP contribution in [-0.4, -0.2) is 85.1 Å². The number of nitrogens with two attached hydrogens (primary N) is 2. The number of carbonyl (C=O) groups is 1. The molecule has 0 aliphatic heterocycles. The van der Waals surface area contributed by atoms with Crippen LogP contribution in [0.15, 0.2) is 125 Å². The minimum Gasteiger partial charge on any atom is -0.506 e. The Morgan fingerprint density at radius 3 is 1.88 bits per heavy atom. The minimum atomic E-state index is -3.57. The molecule has 0 aliphatic carbocycles. The number of aryl methyl sites for hydroxylation is 2. The Balaban J connectivity index is 0.000000123. The molecule has 0 amide bonds. The molecule has 12 N–H and O–H groups in total. The SMILES string of the molecule is CCc1cc(-c2nc3c(O)cccc3[nH]2)n[nH]1.CCc1cc(-c2nc3ccc(Br)cc3[nH]2)n[nH]1.NCc1ccc(S(N)(=O)=O)cc1.O=C(O)c1ccc2nc(-c3n[nH]c4ccccc34)[nH]c2c1. The highest BCUT2D eigenvalue weighted by molar-refractivity contribution is 9.10. The summed E-state index contributed by atoms with van der Waals surface area (Å²) in [6.45, 7) is 4.54. The first-order chi connectivity index (χ1) is 32.3. The standard InChI is InChI=1S/C15H10N4O2.C12H11BrN4.C12H12N4O.C7H10N2O2S/c20-15(21)8-5-6-11-12(7-8)17-14(16-11)13-9-3-1-2-4-10(9)18-19-13;1-2-8-6-11(17-16-8)12-14-9-4-3-7(13)5-10(9)15-12;1-2-7-6-9(16-15-7)12-13-8-4-3-5-10(17)11(8)14-12;8-5-6-1-3-7(4-2-6)12(9,10)11/h1-7H,(H,16,17)(H,18,19)(H,20,21);3-6H,2H2,1H3,(H,14,15)(H,16,17);3-6,17H,2H2,1H3,(H,13,14)(H,15,16);1-4H,5,8H2,(H2,9,10,11). The number of nitrogens with one attached hydrogen (secondary N) is 6. The summed E-state index contributed by atoms with van der Waals surface area (Å²) < 4.78 is 22.6. The Hall–Kier alpha value is -7.98. The second-order valence-corrected chi connectivity index (χ2v) is 17.4. The molecule has 67 heavy (non-hydrogen) atoms. The Bertz CT molecular complexity index is 3610. The maximum atomic E-state index is 11.0. The highest BCUT2D eigenvalue weighted by Crippen LogP contribution is 2.28. The molecule has 11 rings (SSSR count). The molecule has 0 aliphatic rings. The van der Waals surface area contributed by atoms with Crippen LogP contribution in [0.1, 0.15) is 41.2 Å². The van der Waals surface area contributed by atoms with Crippen LogP contribution in [0.25, 0.3) is 78.6 Å². The summed E-state index contributed by atoms with van der Waals surface area (Å²) in [5, 5.41) is 46.2. The van der Waals surface area contributed by atoms with Crippen LogP contribution in [0, 0.1) is 0 Å². The number of imidazole rings is 3. The lowest BCUT2D eigenvalue weighted by atomic mass is 10.2. The normalized spacial score (nSPS) is 11.2. The zero-order valence-corrected chi connectivity index (χ0v) is 38.2. The van der Waals surface area contributed by atoms with E-state index in [0.717, 1.165) is 84.6 Å². The number of sulfonamides is 1. The Kier molecular flexibility index (Phi) is 13.4. The number of fused-ring (bicyclic) bond motifs is 4. The van der Waals surface area contributed by atoms with Gasteiger partial charge >= 0.3 is 5.97 Å². The van der Waals surface area contributed by atoms with Gasteiger partial charge in [0.2, 0.25) is 10.0 Å². The molecule has 0 unspecified atom stereocenters. The van der Waals surface area contributed by atoms with Gasteiger partial charge in [0.1, 0.15) is 28.3 Å². The molecule has 0 saturated carbocycles. The molecule has 0 fully saturated rings. The Labute approximate surface area is 389 Å². The largest absolute Gasteiger partial charge is 0.506 e. The average molecular weight is 984 g/mol. The van der Waals surface area contributed by atoms with Crippen LogP contribution >= 0.6 is 15.9 Å². The highest BCUT2D eigenvalue weighted by atomic mass is 79.9. The van der Waals surface area contributed by atoms with E-state index in [4.69, 9.17) is 16.0 Å². The van der Waals surface area contributed by atoms with Crippen molar-refractivity contribution in [3.05, 3.63) is 142 Å². The predicted octanol–water partition coefficient (Wildman–Crippen LogP) is 8.10. The number of nitrogens with zero attached hydrogens (tertiary/aromatic N) is 6. The fraction of sp³-hybridized carbons (Fsp3) is 0.109. The van der Waals surface area contributed by atoms with Gasteiger partial charge < -0.3 is 30.9 Å². The first kappa shape index (κ1) is 45.6. The van der Waals surface area contributed by atoms with Crippen LogP contribution in [0.4, 0.5) is 0 Å². The predicted molar refractivity (Wildman–Crippen MR) is 259 cm³/mol. The molecule has 0 spiro atoms. The lowest BCUT2D eigenvalue weighted by Crippen LogP contribution is -2.12. The van der Waals surface area contributed by atoms with Crippen molar-refractivity contribution >= 4 is 75.9 Å². The lowest BCUT2D eigenvalue weighted by molar-refractivity contribution is 0.0697. The monoisotopic (exact) mass is 982 g/mol. The summed E-state index contributed by atoms with van der Waals surface area (Å²) in [5.41, 5.74) is 16.6. The van der Waals surface area contributed by atoms with Gasteiger partial charge in [0.05, 0.1) is 43.6 Å². The van der Waals surface area contributed by atoms with Crippen molar-refractivity contribution in [3.63, 3.8) is 0 Å². The highest BCUT2D eigenvalue weighted by Gasteiger charge is 2.15. The number of aromatic amines is 6. The van der Waals surface area contributed by atoms with E-state index in [-0.39, 0.29) is 16.2 Å². The van der Waals surface area contributed by atoms with Gasteiger partial charge in [-0.15, -0.1) is 0 Å². The van der Waals surface area contributed by atoms with E-state index < -0.39 is 16.0 Å². The van der Waals surface area contributed by atoms with Crippen LogP contribution in [-0.2, 0) is 29.4 Å². The van der Waals surface area contributed by atoms with Crippen LogP contribution in [0.2, 0.25) is 0 Å². The molecule has 340 valence electrons. The summed E-state index contributed by atoms with van der Waals surface area (Å²) >= 11 is 3.44. The first-order valence-electron chi connectivity index (χ1n) is 20.7. The van der Waals surface area contributed by atoms with E-state index in [9.17, 15) is 18.3 Å². The van der Waals surface area contributed by atoms with E-state index in [1.54, 1.807) is 36.4 Å². The van der Waals surface area contributed by atoms with Gasteiger partial charge in [-0.05, 0) is 97.3 Å². The number of para-hydroxylation sites is 2. The molecule has 0 atom stereocenters. The van der Waals surface area contributed by atoms with Gasteiger partial charge in [-0.1, -0.05) is 66.2 Å². The van der Waals surface area contributed by atoms with Crippen molar-refractivity contribution in [2.45, 2.75) is 38.1 Å². The van der Waals surface area contributed by atoms with Crippen molar-refractivity contribution in [1.82, 2.24) is 60.5 Å². The van der Waals surface area contributed by atoms with E-state index >= 15 is 0 Å². The summed E-state index contributed by atoms with van der Waals surface area (Å²) in [6.07, 6.45) is 1.84. The van der Waals surface area contributed by atoms with Crippen molar-refractivity contribution in [2.24, 2.45) is 10.9 Å². The van der Waals surface area contributed by atoms with Crippen LogP contribution < -0.4 is 10.9 Å². The molecule has 11 aromatic rings. The number of carboxylic acids is 1. The third kappa shape index (κ3) is 10.4. The number of halogens is 1. The van der Waals surface area contributed by atoms with Gasteiger partial charge in [0.15, 0.2) is 17.5 Å². The van der Waals surface area contributed by atoms with Gasteiger partial charge in [-0.2, -0.15) is 15.3 Å². The number of rotatable bonds is 8. The number of aromatic hydroxyl groups is 1. The molecular weight excluding hydrogens is 941 g/mol.